The van der Waals surface area contributed by atoms with E-state index in [2.05, 4.69) is 14.7 Å². The molecule has 4 rings (SSSR count). The van der Waals surface area contributed by atoms with Crippen molar-refractivity contribution < 1.29 is 4.79 Å². The van der Waals surface area contributed by atoms with Crippen molar-refractivity contribution in [1.29, 1.82) is 0 Å². The lowest BCUT2D eigenvalue weighted by Gasteiger charge is -2.24. The molecule has 1 N–H and O–H groups in total. The Labute approximate surface area is 140 Å². The smallest absolute Gasteiger partial charge is 0.273 e. The number of amides is 1. The van der Waals surface area contributed by atoms with Gasteiger partial charge < -0.3 is 14.6 Å². The van der Waals surface area contributed by atoms with E-state index < -0.39 is 0 Å². The Morgan fingerprint density at radius 3 is 3.00 bits per heavy atom. The van der Waals surface area contributed by atoms with Gasteiger partial charge in [0.05, 0.1) is 17.3 Å². The zero-order valence-corrected chi connectivity index (χ0v) is 13.5. The van der Waals surface area contributed by atoms with Crippen LogP contribution in [0, 0.1) is 0 Å². The van der Waals surface area contributed by atoms with Crippen molar-refractivity contribution >= 4 is 17.2 Å². The van der Waals surface area contributed by atoms with E-state index in [1.165, 1.54) is 0 Å². The summed E-state index contributed by atoms with van der Waals surface area (Å²) in [5.41, 5.74) is 2.42. The Morgan fingerprint density at radius 2 is 2.21 bits per heavy atom. The average molecular weight is 321 g/mol. The molecule has 1 amide bonds. The van der Waals surface area contributed by atoms with Crippen LogP contribution in [0.15, 0.2) is 48.9 Å². The van der Waals surface area contributed by atoms with E-state index in [0.29, 0.717) is 5.69 Å². The molecule has 1 aliphatic rings. The lowest BCUT2D eigenvalue weighted by atomic mass is 10.1. The predicted octanol–water partition coefficient (Wildman–Crippen LogP) is 2.75. The van der Waals surface area contributed by atoms with Gasteiger partial charge in [-0.25, -0.2) is 4.98 Å². The molecule has 6 nitrogen and oxygen atoms in total. The number of rotatable bonds is 3. The zero-order valence-electron chi connectivity index (χ0n) is 13.5. The summed E-state index contributed by atoms with van der Waals surface area (Å²) < 4.78 is 2.05. The van der Waals surface area contributed by atoms with Gasteiger partial charge in [0.15, 0.2) is 0 Å². The van der Waals surface area contributed by atoms with Crippen LogP contribution in [0.25, 0.3) is 5.52 Å². The van der Waals surface area contributed by atoms with Crippen molar-refractivity contribution in [2.45, 2.75) is 18.9 Å². The second kappa shape index (κ2) is 5.96. The van der Waals surface area contributed by atoms with Crippen LogP contribution in [-0.2, 0) is 0 Å². The van der Waals surface area contributed by atoms with Crippen LogP contribution < -0.4 is 5.32 Å². The fourth-order valence-corrected chi connectivity index (χ4v) is 3.36. The third-order valence-corrected chi connectivity index (χ3v) is 4.51. The van der Waals surface area contributed by atoms with Crippen LogP contribution in [0.4, 0.5) is 5.82 Å². The molecule has 0 saturated carbocycles. The lowest BCUT2D eigenvalue weighted by Crippen LogP contribution is -2.31. The number of nitrogens with zero attached hydrogens (tertiary/aromatic N) is 4. The molecule has 6 heteroatoms. The quantitative estimate of drug-likeness (QED) is 0.806. The van der Waals surface area contributed by atoms with E-state index in [1.807, 2.05) is 48.6 Å². The van der Waals surface area contributed by atoms with Crippen molar-refractivity contribution in [3.63, 3.8) is 0 Å². The summed E-state index contributed by atoms with van der Waals surface area (Å²) in [6.07, 6.45) is 7.57. The summed E-state index contributed by atoms with van der Waals surface area (Å²) in [6, 6.07) is 9.42. The van der Waals surface area contributed by atoms with Crippen LogP contribution in [0.2, 0.25) is 0 Å². The van der Waals surface area contributed by atoms with Crippen LogP contribution >= 0.6 is 0 Å². The topological polar surface area (TPSA) is 62.5 Å². The number of likely N-dealkylation sites (tertiary alicyclic amines) is 1. The molecule has 0 aliphatic carbocycles. The van der Waals surface area contributed by atoms with E-state index >= 15 is 0 Å². The fourth-order valence-electron chi connectivity index (χ4n) is 3.36. The highest BCUT2D eigenvalue weighted by molar-refractivity contribution is 5.92. The van der Waals surface area contributed by atoms with E-state index in [-0.39, 0.29) is 11.9 Å². The highest BCUT2D eigenvalue weighted by Gasteiger charge is 2.32. The number of carbonyl (C=O) groups excluding carboxylic acids is 1. The molecule has 1 aliphatic heterocycles. The van der Waals surface area contributed by atoms with Gasteiger partial charge in [-0.3, -0.25) is 9.78 Å². The van der Waals surface area contributed by atoms with Crippen molar-refractivity contribution in [3.05, 3.63) is 60.3 Å². The van der Waals surface area contributed by atoms with E-state index in [9.17, 15) is 4.79 Å². The molecule has 1 fully saturated rings. The third kappa shape index (κ3) is 2.40. The Morgan fingerprint density at radius 1 is 1.29 bits per heavy atom. The number of hydrogen-bond donors (Lipinski definition) is 1. The molecule has 3 aromatic rings. The molecular formula is C18H19N5O. The van der Waals surface area contributed by atoms with Crippen LogP contribution in [-0.4, -0.2) is 38.8 Å². The van der Waals surface area contributed by atoms with Crippen LogP contribution in [0.3, 0.4) is 0 Å². The number of aromatic nitrogens is 3. The Balaban J connectivity index is 1.71. The minimum atomic E-state index is -0.0292. The Bertz CT molecular complexity index is 874. The summed E-state index contributed by atoms with van der Waals surface area (Å²) in [5, 5.41) is 3.15. The third-order valence-electron chi connectivity index (χ3n) is 4.51. The van der Waals surface area contributed by atoms with Gasteiger partial charge in [-0.15, -0.1) is 0 Å². The minimum Gasteiger partial charge on any atom is -0.371 e. The molecular weight excluding hydrogens is 302 g/mol. The summed E-state index contributed by atoms with van der Waals surface area (Å²) in [6.45, 7) is 0.736. The number of fused-ring (bicyclic) bond motifs is 1. The van der Waals surface area contributed by atoms with Crippen molar-refractivity contribution in [3.8, 4) is 0 Å². The molecule has 122 valence electrons. The van der Waals surface area contributed by atoms with E-state index in [1.54, 1.807) is 12.3 Å². The number of hydrogen-bond acceptors (Lipinski definition) is 4. The Hall–Kier alpha value is -2.89. The first-order chi connectivity index (χ1) is 11.8. The monoisotopic (exact) mass is 321 g/mol. The second-order valence-corrected chi connectivity index (χ2v) is 5.94. The fraction of sp³-hybridized carbons (Fsp3) is 0.278. The highest BCUT2D eigenvalue weighted by Crippen LogP contribution is 2.33. The molecule has 0 aromatic carbocycles. The number of carbonyl (C=O) groups is 1. The molecule has 4 heterocycles. The first-order valence-corrected chi connectivity index (χ1v) is 8.15. The van der Waals surface area contributed by atoms with Gasteiger partial charge in [-0.2, -0.15) is 0 Å². The van der Waals surface area contributed by atoms with Gasteiger partial charge >= 0.3 is 0 Å². The maximum absolute atomic E-state index is 12.8. The molecule has 24 heavy (non-hydrogen) atoms. The first-order valence-electron chi connectivity index (χ1n) is 8.15. The maximum atomic E-state index is 12.8. The van der Waals surface area contributed by atoms with Gasteiger partial charge in [-0.05, 0) is 37.1 Å². The van der Waals surface area contributed by atoms with Gasteiger partial charge in [0.1, 0.15) is 11.5 Å². The molecule has 3 aromatic heterocycles. The molecule has 1 saturated heterocycles. The molecule has 1 atom stereocenters. The number of pyridine rings is 1. The van der Waals surface area contributed by atoms with Crippen LogP contribution in [0.1, 0.15) is 35.1 Å². The highest BCUT2D eigenvalue weighted by atomic mass is 16.2. The van der Waals surface area contributed by atoms with Gasteiger partial charge in [0.25, 0.3) is 5.91 Å². The predicted molar refractivity (Wildman–Crippen MR) is 92.0 cm³/mol. The van der Waals surface area contributed by atoms with Gasteiger partial charge in [0, 0.05) is 32.2 Å². The molecule has 0 radical (unpaired) electrons. The number of nitrogens with one attached hydrogen (secondary N) is 1. The lowest BCUT2D eigenvalue weighted by molar-refractivity contribution is 0.0726. The summed E-state index contributed by atoms with van der Waals surface area (Å²) in [4.78, 5) is 23.7. The molecule has 0 unspecified atom stereocenters. The van der Waals surface area contributed by atoms with Crippen molar-refractivity contribution in [2.24, 2.45) is 0 Å². The molecule has 0 spiro atoms. The molecule has 0 bridgehead atoms. The Kier molecular flexibility index (Phi) is 3.65. The largest absolute Gasteiger partial charge is 0.371 e. The van der Waals surface area contributed by atoms with Gasteiger partial charge in [-0.1, -0.05) is 6.07 Å². The van der Waals surface area contributed by atoms with Crippen molar-refractivity contribution in [1.82, 2.24) is 19.3 Å². The second-order valence-electron chi connectivity index (χ2n) is 5.94. The first kappa shape index (κ1) is 14.7. The van der Waals surface area contributed by atoms with Gasteiger partial charge in [0.2, 0.25) is 0 Å². The standard InChI is InChI=1S/C18H19N5O/c1-19-17-16-8-4-10-22(16)12-14(21-17)15-7-5-11-23(15)18(24)13-6-2-3-9-20-13/h2-4,6,8-10,12,15H,5,7,11H2,1H3,(H,19,21)/t15-/m0/s1. The average Bonchev–Trinajstić information content (AvgIpc) is 3.29. The summed E-state index contributed by atoms with van der Waals surface area (Å²) in [7, 11) is 1.87. The number of anilines is 1. The maximum Gasteiger partial charge on any atom is 0.273 e. The SMILES string of the molecule is CNc1nc([C@@H]2CCCN2C(=O)c2ccccn2)cn2cccc12. The summed E-state index contributed by atoms with van der Waals surface area (Å²) in [5.74, 6) is 0.799. The summed E-state index contributed by atoms with van der Waals surface area (Å²) >= 11 is 0. The van der Waals surface area contributed by atoms with Crippen molar-refractivity contribution in [2.75, 3.05) is 18.9 Å². The normalized spacial score (nSPS) is 17.4. The van der Waals surface area contributed by atoms with E-state index in [0.717, 1.165) is 36.4 Å². The van der Waals surface area contributed by atoms with E-state index in [4.69, 9.17) is 4.98 Å². The minimum absolute atomic E-state index is 0.0154. The van der Waals surface area contributed by atoms with Crippen LogP contribution in [0.5, 0.6) is 0 Å². The zero-order chi connectivity index (χ0) is 16.5.